The number of aryl methyl sites for hydroxylation is 1. The van der Waals surface area contributed by atoms with Crippen LogP contribution in [0.25, 0.3) is 0 Å². The first-order valence-corrected chi connectivity index (χ1v) is 8.35. The lowest BCUT2D eigenvalue weighted by Gasteiger charge is -2.11. The van der Waals surface area contributed by atoms with Gasteiger partial charge in [0.05, 0.1) is 0 Å². The first kappa shape index (κ1) is 15.8. The number of unbranched alkanes of at least 4 members (excludes halogenated alkanes) is 4. The number of benzene rings is 1. The SMILES string of the molecule is O=C(/C=C/CCCCCCc1ccccc1)N1CCCC1. The summed E-state index contributed by atoms with van der Waals surface area (Å²) in [7, 11) is 0. The van der Waals surface area contributed by atoms with Gasteiger partial charge in [0, 0.05) is 13.1 Å². The molecule has 2 rings (SSSR count). The molecule has 21 heavy (non-hydrogen) atoms. The van der Waals surface area contributed by atoms with Gasteiger partial charge in [-0.15, -0.1) is 0 Å². The molecule has 0 N–H and O–H groups in total. The van der Waals surface area contributed by atoms with Gasteiger partial charge < -0.3 is 4.90 Å². The Labute approximate surface area is 128 Å². The molecule has 2 nitrogen and oxygen atoms in total. The average Bonchev–Trinajstić information content (AvgIpc) is 3.05. The summed E-state index contributed by atoms with van der Waals surface area (Å²) in [5.74, 6) is 0.205. The summed E-state index contributed by atoms with van der Waals surface area (Å²) in [4.78, 5) is 13.7. The van der Waals surface area contributed by atoms with E-state index in [2.05, 4.69) is 36.4 Å². The van der Waals surface area contributed by atoms with Crippen molar-refractivity contribution in [1.82, 2.24) is 4.90 Å². The lowest BCUT2D eigenvalue weighted by atomic mass is 10.1. The lowest BCUT2D eigenvalue weighted by Crippen LogP contribution is -2.25. The Hall–Kier alpha value is -1.57. The van der Waals surface area contributed by atoms with Crippen molar-refractivity contribution in [3.63, 3.8) is 0 Å². The normalized spacial score (nSPS) is 15.0. The highest BCUT2D eigenvalue weighted by atomic mass is 16.2. The lowest BCUT2D eigenvalue weighted by molar-refractivity contribution is -0.125. The van der Waals surface area contributed by atoms with E-state index >= 15 is 0 Å². The standard InChI is InChI=1S/C19H27NO/c21-19(20-16-10-11-17-20)15-9-4-2-1-3-6-12-18-13-7-5-8-14-18/h5,7-9,13-15H,1-4,6,10-12,16-17H2/b15-9+. The predicted molar refractivity (Wildman–Crippen MR) is 88.2 cm³/mol. The third-order valence-electron chi connectivity index (χ3n) is 4.11. The fraction of sp³-hybridized carbons (Fsp3) is 0.526. The van der Waals surface area contributed by atoms with Crippen LogP contribution in [0.15, 0.2) is 42.5 Å². The maximum absolute atomic E-state index is 11.8. The van der Waals surface area contributed by atoms with Crippen molar-refractivity contribution in [2.24, 2.45) is 0 Å². The second-order valence-corrected chi connectivity index (χ2v) is 5.87. The van der Waals surface area contributed by atoms with Gasteiger partial charge in [-0.3, -0.25) is 4.79 Å². The van der Waals surface area contributed by atoms with Crippen molar-refractivity contribution in [2.75, 3.05) is 13.1 Å². The third kappa shape index (κ3) is 6.16. The van der Waals surface area contributed by atoms with Crippen molar-refractivity contribution in [3.8, 4) is 0 Å². The zero-order valence-electron chi connectivity index (χ0n) is 13.0. The molecule has 1 aliphatic rings. The fourth-order valence-electron chi connectivity index (χ4n) is 2.82. The number of hydrogen-bond acceptors (Lipinski definition) is 1. The van der Waals surface area contributed by atoms with Gasteiger partial charge in [0.1, 0.15) is 0 Å². The molecular formula is C19H27NO. The van der Waals surface area contributed by atoms with Gasteiger partial charge >= 0.3 is 0 Å². The zero-order valence-corrected chi connectivity index (χ0v) is 13.0. The number of nitrogens with zero attached hydrogens (tertiary/aromatic N) is 1. The summed E-state index contributed by atoms with van der Waals surface area (Å²) in [6, 6.07) is 10.7. The fourth-order valence-corrected chi connectivity index (χ4v) is 2.82. The number of hydrogen-bond donors (Lipinski definition) is 0. The number of amides is 1. The molecule has 1 fully saturated rings. The summed E-state index contributed by atoms with van der Waals surface area (Å²) >= 11 is 0. The minimum atomic E-state index is 0.205. The van der Waals surface area contributed by atoms with Crippen LogP contribution >= 0.6 is 0 Å². The van der Waals surface area contributed by atoms with E-state index in [1.165, 1.54) is 50.5 Å². The van der Waals surface area contributed by atoms with Gasteiger partial charge in [-0.25, -0.2) is 0 Å². The first-order chi connectivity index (χ1) is 10.4. The maximum Gasteiger partial charge on any atom is 0.246 e. The topological polar surface area (TPSA) is 20.3 Å². The van der Waals surface area contributed by atoms with Gasteiger partial charge in [-0.05, 0) is 50.2 Å². The molecule has 114 valence electrons. The van der Waals surface area contributed by atoms with E-state index in [4.69, 9.17) is 0 Å². The predicted octanol–water partition coefficient (Wildman–Crippen LogP) is 4.36. The molecule has 1 amide bonds. The van der Waals surface area contributed by atoms with E-state index in [1.807, 2.05) is 4.90 Å². The molecular weight excluding hydrogens is 258 g/mol. The molecule has 0 aliphatic carbocycles. The van der Waals surface area contributed by atoms with Crippen LogP contribution in [0.5, 0.6) is 0 Å². The summed E-state index contributed by atoms with van der Waals surface area (Å²) < 4.78 is 0. The minimum Gasteiger partial charge on any atom is -0.339 e. The molecule has 1 aliphatic heterocycles. The van der Waals surface area contributed by atoms with E-state index in [1.54, 1.807) is 6.08 Å². The van der Waals surface area contributed by atoms with Crippen LogP contribution in [-0.2, 0) is 11.2 Å². The van der Waals surface area contributed by atoms with Crippen LogP contribution in [-0.4, -0.2) is 23.9 Å². The average molecular weight is 285 g/mol. The summed E-state index contributed by atoms with van der Waals surface area (Å²) in [5.41, 5.74) is 1.44. The van der Waals surface area contributed by atoms with Gasteiger partial charge in [0.25, 0.3) is 0 Å². The molecule has 1 heterocycles. The maximum atomic E-state index is 11.8. The van der Waals surface area contributed by atoms with Crippen molar-refractivity contribution in [1.29, 1.82) is 0 Å². The Morgan fingerprint density at radius 2 is 1.71 bits per heavy atom. The minimum absolute atomic E-state index is 0.205. The summed E-state index contributed by atoms with van der Waals surface area (Å²) in [6.07, 6.45) is 13.4. The highest BCUT2D eigenvalue weighted by molar-refractivity contribution is 5.87. The molecule has 0 saturated carbocycles. The molecule has 0 bridgehead atoms. The van der Waals surface area contributed by atoms with Crippen molar-refractivity contribution >= 4 is 5.91 Å². The van der Waals surface area contributed by atoms with Gasteiger partial charge in [-0.2, -0.15) is 0 Å². The van der Waals surface area contributed by atoms with E-state index < -0.39 is 0 Å². The molecule has 2 heteroatoms. The Bertz CT molecular complexity index is 432. The highest BCUT2D eigenvalue weighted by Crippen LogP contribution is 2.10. The number of rotatable bonds is 8. The van der Waals surface area contributed by atoms with Gasteiger partial charge in [0.15, 0.2) is 0 Å². The van der Waals surface area contributed by atoms with Crippen LogP contribution in [0.4, 0.5) is 0 Å². The Kier molecular flexibility index (Phi) is 7.06. The summed E-state index contributed by atoms with van der Waals surface area (Å²) in [5, 5.41) is 0. The Morgan fingerprint density at radius 1 is 1.00 bits per heavy atom. The van der Waals surface area contributed by atoms with E-state index in [-0.39, 0.29) is 5.91 Å². The quantitative estimate of drug-likeness (QED) is 0.513. The van der Waals surface area contributed by atoms with Crippen LogP contribution < -0.4 is 0 Å². The molecule has 1 saturated heterocycles. The Morgan fingerprint density at radius 3 is 2.48 bits per heavy atom. The number of allylic oxidation sites excluding steroid dienone is 1. The molecule has 0 atom stereocenters. The van der Waals surface area contributed by atoms with Crippen molar-refractivity contribution < 1.29 is 4.79 Å². The smallest absolute Gasteiger partial charge is 0.246 e. The second kappa shape index (κ2) is 9.38. The first-order valence-electron chi connectivity index (χ1n) is 8.35. The largest absolute Gasteiger partial charge is 0.339 e. The second-order valence-electron chi connectivity index (χ2n) is 5.87. The van der Waals surface area contributed by atoms with Crippen molar-refractivity contribution in [2.45, 2.75) is 51.4 Å². The third-order valence-corrected chi connectivity index (χ3v) is 4.11. The molecule has 0 unspecified atom stereocenters. The number of carbonyl (C=O) groups excluding carboxylic acids is 1. The van der Waals surface area contributed by atoms with Crippen molar-refractivity contribution in [3.05, 3.63) is 48.0 Å². The number of carbonyl (C=O) groups is 1. The van der Waals surface area contributed by atoms with E-state index in [9.17, 15) is 4.79 Å². The van der Waals surface area contributed by atoms with Crippen LogP contribution in [0, 0.1) is 0 Å². The Balaban J connectivity index is 1.47. The molecule has 1 aromatic rings. The molecule has 0 radical (unpaired) electrons. The van der Waals surface area contributed by atoms with Crippen LogP contribution in [0.3, 0.4) is 0 Å². The van der Waals surface area contributed by atoms with Gasteiger partial charge in [0.2, 0.25) is 5.91 Å². The number of likely N-dealkylation sites (tertiary alicyclic amines) is 1. The van der Waals surface area contributed by atoms with Gasteiger partial charge in [-0.1, -0.05) is 49.2 Å². The highest BCUT2D eigenvalue weighted by Gasteiger charge is 2.14. The monoisotopic (exact) mass is 285 g/mol. The summed E-state index contributed by atoms with van der Waals surface area (Å²) in [6.45, 7) is 1.89. The zero-order chi connectivity index (χ0) is 14.8. The molecule has 1 aromatic carbocycles. The van der Waals surface area contributed by atoms with E-state index in [0.717, 1.165) is 19.5 Å². The molecule has 0 spiro atoms. The van der Waals surface area contributed by atoms with Crippen LogP contribution in [0.2, 0.25) is 0 Å². The van der Waals surface area contributed by atoms with E-state index in [0.29, 0.717) is 0 Å². The molecule has 0 aromatic heterocycles. The van der Waals surface area contributed by atoms with Crippen LogP contribution in [0.1, 0.15) is 50.5 Å².